The molecule has 1 aromatic heterocycles. The summed E-state index contributed by atoms with van der Waals surface area (Å²) in [5.74, 6) is 0.416. The molecule has 144 valence electrons. The van der Waals surface area contributed by atoms with Crippen molar-refractivity contribution in [2.45, 2.75) is 19.4 Å². The molecule has 4 rings (SSSR count). The molecule has 2 aromatic carbocycles. The second kappa shape index (κ2) is 7.48. The third-order valence-electron chi connectivity index (χ3n) is 4.92. The van der Waals surface area contributed by atoms with Crippen molar-refractivity contribution in [2.75, 3.05) is 19.8 Å². The summed E-state index contributed by atoms with van der Waals surface area (Å²) in [6, 6.07) is 13.8. The average Bonchev–Trinajstić information content (AvgIpc) is 2.99. The first kappa shape index (κ1) is 18.3. The maximum absolute atomic E-state index is 13.3. The number of aliphatic hydroxyl groups excluding tert-OH is 1. The average molecular weight is 379 g/mol. The Morgan fingerprint density at radius 1 is 1.14 bits per heavy atom. The predicted octanol–water partition coefficient (Wildman–Crippen LogP) is 3.12. The zero-order valence-electron chi connectivity index (χ0n) is 15.6. The number of nitrogens with zero attached hydrogens (tertiary/aromatic N) is 1. The van der Waals surface area contributed by atoms with E-state index in [1.54, 1.807) is 29.2 Å². The highest BCUT2D eigenvalue weighted by Gasteiger charge is 2.42. The number of amides is 1. The Morgan fingerprint density at radius 3 is 2.75 bits per heavy atom. The molecule has 1 aliphatic heterocycles. The number of para-hydroxylation sites is 1. The molecule has 0 fully saturated rings. The Balaban J connectivity index is 1.93. The number of carbonyl (C=O) groups excluding carboxylic acids is 1. The fraction of sp³-hybridized carbons (Fsp3) is 0.273. The number of hydrogen-bond acceptors (Lipinski definition) is 5. The molecule has 6 nitrogen and oxygen atoms in total. The van der Waals surface area contributed by atoms with Crippen molar-refractivity contribution in [3.8, 4) is 5.75 Å². The van der Waals surface area contributed by atoms with Gasteiger partial charge < -0.3 is 19.2 Å². The lowest BCUT2D eigenvalue weighted by Crippen LogP contribution is -2.31. The monoisotopic (exact) mass is 379 g/mol. The van der Waals surface area contributed by atoms with Crippen LogP contribution in [-0.2, 0) is 0 Å². The number of aliphatic hydroxyl groups is 1. The first-order valence-electron chi connectivity index (χ1n) is 9.36. The van der Waals surface area contributed by atoms with Gasteiger partial charge >= 0.3 is 0 Å². The van der Waals surface area contributed by atoms with Crippen molar-refractivity contribution in [3.05, 3.63) is 75.6 Å². The minimum Gasteiger partial charge on any atom is -0.494 e. The molecule has 0 radical (unpaired) electrons. The molecular weight excluding hydrogens is 358 g/mol. The van der Waals surface area contributed by atoms with E-state index in [0.29, 0.717) is 41.9 Å². The summed E-state index contributed by atoms with van der Waals surface area (Å²) in [7, 11) is 0. The van der Waals surface area contributed by atoms with Crippen LogP contribution in [0.3, 0.4) is 0 Å². The molecule has 1 N–H and O–H groups in total. The van der Waals surface area contributed by atoms with Gasteiger partial charge in [-0.3, -0.25) is 9.59 Å². The molecule has 1 aliphatic rings. The van der Waals surface area contributed by atoms with Crippen LogP contribution in [0, 0.1) is 0 Å². The van der Waals surface area contributed by atoms with Gasteiger partial charge in [-0.05, 0) is 43.2 Å². The van der Waals surface area contributed by atoms with E-state index in [2.05, 4.69) is 0 Å². The summed E-state index contributed by atoms with van der Waals surface area (Å²) in [5.41, 5.74) is 1.31. The summed E-state index contributed by atoms with van der Waals surface area (Å²) in [5, 5.41) is 9.71. The van der Waals surface area contributed by atoms with Gasteiger partial charge in [-0.25, -0.2) is 0 Å². The van der Waals surface area contributed by atoms with Crippen molar-refractivity contribution >= 4 is 16.9 Å². The fourth-order valence-electron chi connectivity index (χ4n) is 3.73. The van der Waals surface area contributed by atoms with Crippen molar-refractivity contribution in [3.63, 3.8) is 0 Å². The molecule has 0 unspecified atom stereocenters. The number of carbonyl (C=O) groups is 1. The van der Waals surface area contributed by atoms with Crippen LogP contribution in [-0.4, -0.2) is 35.7 Å². The first-order valence-corrected chi connectivity index (χ1v) is 9.36. The van der Waals surface area contributed by atoms with E-state index in [1.807, 2.05) is 31.2 Å². The minimum atomic E-state index is -0.574. The fourth-order valence-corrected chi connectivity index (χ4v) is 3.73. The van der Waals surface area contributed by atoms with Gasteiger partial charge in [-0.2, -0.15) is 0 Å². The number of ether oxygens (including phenoxy) is 1. The van der Waals surface area contributed by atoms with Crippen LogP contribution in [0.4, 0.5) is 0 Å². The molecule has 0 aliphatic carbocycles. The lowest BCUT2D eigenvalue weighted by Gasteiger charge is -2.25. The van der Waals surface area contributed by atoms with Crippen LogP contribution in [0.2, 0.25) is 0 Å². The van der Waals surface area contributed by atoms with E-state index in [9.17, 15) is 14.7 Å². The molecule has 2 heterocycles. The highest BCUT2D eigenvalue weighted by Crippen LogP contribution is 2.39. The van der Waals surface area contributed by atoms with Gasteiger partial charge in [-0.1, -0.05) is 24.3 Å². The number of fused-ring (bicyclic) bond motifs is 2. The Kier molecular flexibility index (Phi) is 4.88. The molecule has 0 spiro atoms. The molecule has 1 atom stereocenters. The van der Waals surface area contributed by atoms with Gasteiger partial charge in [-0.15, -0.1) is 0 Å². The molecule has 6 heteroatoms. The van der Waals surface area contributed by atoms with E-state index >= 15 is 0 Å². The zero-order valence-corrected chi connectivity index (χ0v) is 15.6. The SMILES string of the molecule is CCOc1cccc([C@H]2c3c(oc4ccccc4c3=O)C(=O)N2CCCO)c1. The number of benzene rings is 2. The normalized spacial score (nSPS) is 15.9. The van der Waals surface area contributed by atoms with Crippen molar-refractivity contribution in [1.82, 2.24) is 4.90 Å². The molecule has 0 saturated heterocycles. The second-order valence-corrected chi connectivity index (χ2v) is 6.65. The Bertz CT molecular complexity index is 1090. The number of hydrogen-bond donors (Lipinski definition) is 1. The van der Waals surface area contributed by atoms with Crippen LogP contribution in [0.5, 0.6) is 5.75 Å². The van der Waals surface area contributed by atoms with Crippen LogP contribution in [0.25, 0.3) is 11.0 Å². The Morgan fingerprint density at radius 2 is 1.96 bits per heavy atom. The van der Waals surface area contributed by atoms with E-state index in [-0.39, 0.29) is 23.7 Å². The predicted molar refractivity (Wildman–Crippen MR) is 105 cm³/mol. The summed E-state index contributed by atoms with van der Waals surface area (Å²) in [6.07, 6.45) is 0.412. The summed E-state index contributed by atoms with van der Waals surface area (Å²) in [6.45, 7) is 2.69. The van der Waals surface area contributed by atoms with Crippen LogP contribution in [0.1, 0.15) is 41.1 Å². The molecule has 3 aromatic rings. The lowest BCUT2D eigenvalue weighted by atomic mass is 9.98. The molecule has 1 amide bonds. The molecular formula is C22H21NO5. The van der Waals surface area contributed by atoms with Crippen LogP contribution < -0.4 is 10.2 Å². The summed E-state index contributed by atoms with van der Waals surface area (Å²) < 4.78 is 11.4. The summed E-state index contributed by atoms with van der Waals surface area (Å²) in [4.78, 5) is 27.9. The highest BCUT2D eigenvalue weighted by atomic mass is 16.5. The van der Waals surface area contributed by atoms with Crippen LogP contribution >= 0.6 is 0 Å². The highest BCUT2D eigenvalue weighted by molar-refractivity contribution is 5.99. The third kappa shape index (κ3) is 2.96. The van der Waals surface area contributed by atoms with Gasteiger partial charge in [0.1, 0.15) is 11.3 Å². The van der Waals surface area contributed by atoms with E-state index in [0.717, 1.165) is 5.56 Å². The van der Waals surface area contributed by atoms with Crippen molar-refractivity contribution in [2.24, 2.45) is 0 Å². The zero-order chi connectivity index (χ0) is 19.7. The van der Waals surface area contributed by atoms with E-state index < -0.39 is 6.04 Å². The van der Waals surface area contributed by atoms with Gasteiger partial charge in [0.25, 0.3) is 5.91 Å². The quantitative estimate of drug-likeness (QED) is 0.712. The van der Waals surface area contributed by atoms with Crippen LogP contribution in [0.15, 0.2) is 57.7 Å². The van der Waals surface area contributed by atoms with Gasteiger partial charge in [0.05, 0.1) is 23.6 Å². The minimum absolute atomic E-state index is 0.0464. The molecule has 0 saturated carbocycles. The Hall–Kier alpha value is -3.12. The number of rotatable bonds is 6. The molecule has 28 heavy (non-hydrogen) atoms. The van der Waals surface area contributed by atoms with Crippen molar-refractivity contribution < 1.29 is 19.1 Å². The standard InChI is InChI=1S/C22H21NO5/c1-2-27-15-8-5-7-14(13-15)19-18-20(25)16-9-3-4-10-17(16)28-21(18)22(26)23(19)11-6-12-24/h3-5,7-10,13,19,24H,2,6,11-12H2,1H3/t19-/m0/s1. The Labute approximate surface area is 162 Å². The van der Waals surface area contributed by atoms with Gasteiger partial charge in [0.2, 0.25) is 5.76 Å². The van der Waals surface area contributed by atoms with E-state index in [1.165, 1.54) is 0 Å². The smallest absolute Gasteiger partial charge is 0.290 e. The topological polar surface area (TPSA) is 80.0 Å². The maximum atomic E-state index is 13.3. The maximum Gasteiger partial charge on any atom is 0.290 e. The van der Waals surface area contributed by atoms with E-state index in [4.69, 9.17) is 9.15 Å². The first-order chi connectivity index (χ1) is 13.7. The molecule has 0 bridgehead atoms. The summed E-state index contributed by atoms with van der Waals surface area (Å²) >= 11 is 0. The largest absolute Gasteiger partial charge is 0.494 e. The lowest BCUT2D eigenvalue weighted by molar-refractivity contribution is 0.0716. The van der Waals surface area contributed by atoms with Gasteiger partial charge in [0, 0.05) is 13.2 Å². The third-order valence-corrected chi connectivity index (χ3v) is 4.92. The second-order valence-electron chi connectivity index (χ2n) is 6.65. The van der Waals surface area contributed by atoms with Gasteiger partial charge in [0.15, 0.2) is 5.43 Å². The van der Waals surface area contributed by atoms with Crippen molar-refractivity contribution in [1.29, 1.82) is 0 Å².